The number of nitrogens with one attached hydrogen (secondary N) is 2. The van der Waals surface area contributed by atoms with E-state index in [2.05, 4.69) is 17.6 Å². The minimum atomic E-state index is -0.497. The molecule has 0 spiro atoms. The van der Waals surface area contributed by atoms with E-state index in [1.54, 1.807) is 31.4 Å². The molecule has 4 N–H and O–H groups in total. The maximum absolute atomic E-state index is 12.4. The minimum Gasteiger partial charge on any atom is -0.497 e. The summed E-state index contributed by atoms with van der Waals surface area (Å²) in [5.41, 5.74) is 7.33. The molecule has 26 heavy (non-hydrogen) atoms. The van der Waals surface area contributed by atoms with Crippen LogP contribution in [0.25, 0.3) is 0 Å². The first-order chi connectivity index (χ1) is 12.4. The van der Waals surface area contributed by atoms with Gasteiger partial charge in [0.1, 0.15) is 5.75 Å². The Morgan fingerprint density at radius 2 is 1.69 bits per heavy atom. The summed E-state index contributed by atoms with van der Waals surface area (Å²) in [4.78, 5) is 23.5. The molecule has 2 aromatic rings. The number of rotatable bonds is 8. The molecule has 2 rings (SSSR count). The van der Waals surface area contributed by atoms with E-state index >= 15 is 0 Å². The van der Waals surface area contributed by atoms with E-state index in [0.717, 1.165) is 17.7 Å². The predicted octanol–water partition coefficient (Wildman–Crippen LogP) is 2.86. The Morgan fingerprint density at radius 3 is 2.19 bits per heavy atom. The minimum absolute atomic E-state index is 0.0545. The van der Waals surface area contributed by atoms with Crippen molar-refractivity contribution < 1.29 is 14.3 Å². The van der Waals surface area contributed by atoms with Crippen molar-refractivity contribution in [3.8, 4) is 5.75 Å². The van der Waals surface area contributed by atoms with Gasteiger partial charge in [0.2, 0.25) is 11.8 Å². The third kappa shape index (κ3) is 5.07. The lowest BCUT2D eigenvalue weighted by atomic mass is 10.0. The standard InChI is InChI=1S/C20H25N3O3/c1-4-18(14-7-11-17(26-3)12-8-14)22-13(2)20(25)23-16-9-5-15(6-10-16)19(21)24/h5-13,18,22H,4H2,1-3H3,(H2,21,24)(H,23,25)/t13-,18-/m0/s1. The van der Waals surface area contributed by atoms with Gasteiger partial charge in [0.25, 0.3) is 0 Å². The van der Waals surface area contributed by atoms with Gasteiger partial charge in [-0.15, -0.1) is 0 Å². The molecule has 138 valence electrons. The van der Waals surface area contributed by atoms with Crippen LogP contribution in [-0.2, 0) is 4.79 Å². The summed E-state index contributed by atoms with van der Waals surface area (Å²) in [5.74, 6) is 0.153. The fourth-order valence-corrected chi connectivity index (χ4v) is 2.63. The number of carbonyl (C=O) groups is 2. The molecule has 0 radical (unpaired) electrons. The number of hydrogen-bond acceptors (Lipinski definition) is 4. The Balaban J connectivity index is 1.98. The molecule has 0 bridgehead atoms. The third-order valence-electron chi connectivity index (χ3n) is 4.21. The number of anilines is 1. The van der Waals surface area contributed by atoms with Gasteiger partial charge in [-0.2, -0.15) is 0 Å². The number of nitrogens with two attached hydrogens (primary N) is 1. The fraction of sp³-hybridized carbons (Fsp3) is 0.300. The number of hydrogen-bond donors (Lipinski definition) is 3. The Bertz CT molecular complexity index is 742. The summed E-state index contributed by atoms with van der Waals surface area (Å²) in [6.07, 6.45) is 0.845. The molecular formula is C20H25N3O3. The van der Waals surface area contributed by atoms with Crippen molar-refractivity contribution in [2.24, 2.45) is 5.73 Å². The zero-order valence-corrected chi connectivity index (χ0v) is 15.3. The van der Waals surface area contributed by atoms with Gasteiger partial charge in [0.05, 0.1) is 13.2 Å². The van der Waals surface area contributed by atoms with Crippen LogP contribution in [0.15, 0.2) is 48.5 Å². The van der Waals surface area contributed by atoms with Gasteiger partial charge in [0.15, 0.2) is 0 Å². The van der Waals surface area contributed by atoms with Crippen LogP contribution in [0, 0.1) is 0 Å². The molecule has 0 aliphatic heterocycles. The molecule has 0 saturated heterocycles. The average Bonchev–Trinajstić information content (AvgIpc) is 2.66. The van der Waals surface area contributed by atoms with Crippen molar-refractivity contribution in [1.82, 2.24) is 5.32 Å². The van der Waals surface area contributed by atoms with Gasteiger partial charge >= 0.3 is 0 Å². The Morgan fingerprint density at radius 1 is 1.08 bits per heavy atom. The fourth-order valence-electron chi connectivity index (χ4n) is 2.63. The molecule has 0 fully saturated rings. The summed E-state index contributed by atoms with van der Waals surface area (Å²) >= 11 is 0. The molecular weight excluding hydrogens is 330 g/mol. The quantitative estimate of drug-likeness (QED) is 0.679. The molecule has 0 saturated carbocycles. The highest BCUT2D eigenvalue weighted by molar-refractivity contribution is 5.96. The zero-order chi connectivity index (χ0) is 19.1. The maximum atomic E-state index is 12.4. The Labute approximate surface area is 153 Å². The number of benzene rings is 2. The van der Waals surface area contributed by atoms with Crippen molar-refractivity contribution >= 4 is 17.5 Å². The van der Waals surface area contributed by atoms with Crippen LogP contribution in [0.5, 0.6) is 5.75 Å². The molecule has 0 heterocycles. The summed E-state index contributed by atoms with van der Waals surface area (Å²) in [5, 5.41) is 6.18. The van der Waals surface area contributed by atoms with E-state index in [1.807, 2.05) is 31.2 Å². The Hall–Kier alpha value is -2.86. The summed E-state index contributed by atoms with van der Waals surface area (Å²) in [6.45, 7) is 3.88. The van der Waals surface area contributed by atoms with Crippen molar-refractivity contribution in [2.45, 2.75) is 32.4 Å². The van der Waals surface area contributed by atoms with Crippen LogP contribution in [0.4, 0.5) is 5.69 Å². The highest BCUT2D eigenvalue weighted by Crippen LogP contribution is 2.21. The molecule has 0 aliphatic carbocycles. The van der Waals surface area contributed by atoms with Crippen LogP contribution in [0.1, 0.15) is 42.2 Å². The van der Waals surface area contributed by atoms with Crippen molar-refractivity contribution in [2.75, 3.05) is 12.4 Å². The first-order valence-corrected chi connectivity index (χ1v) is 8.55. The molecule has 0 aromatic heterocycles. The van der Waals surface area contributed by atoms with Gasteiger partial charge in [0, 0.05) is 17.3 Å². The van der Waals surface area contributed by atoms with Crippen molar-refractivity contribution in [3.63, 3.8) is 0 Å². The summed E-state index contributed by atoms with van der Waals surface area (Å²) in [7, 11) is 1.63. The molecule has 0 aliphatic rings. The van der Waals surface area contributed by atoms with E-state index < -0.39 is 11.9 Å². The third-order valence-corrected chi connectivity index (χ3v) is 4.21. The normalized spacial score (nSPS) is 12.9. The number of carbonyl (C=O) groups excluding carboxylic acids is 2. The monoisotopic (exact) mass is 355 g/mol. The predicted molar refractivity (Wildman–Crippen MR) is 102 cm³/mol. The first kappa shape index (κ1) is 19.5. The Kier molecular flexibility index (Phi) is 6.74. The van der Waals surface area contributed by atoms with Crippen molar-refractivity contribution in [1.29, 1.82) is 0 Å². The smallest absolute Gasteiger partial charge is 0.248 e. The topological polar surface area (TPSA) is 93.5 Å². The SMILES string of the molecule is CC[C@H](N[C@@H](C)C(=O)Nc1ccc(C(N)=O)cc1)c1ccc(OC)cc1. The van der Waals surface area contributed by atoms with Gasteiger partial charge in [-0.1, -0.05) is 19.1 Å². The van der Waals surface area contributed by atoms with E-state index in [9.17, 15) is 9.59 Å². The first-order valence-electron chi connectivity index (χ1n) is 8.55. The number of methoxy groups -OCH3 is 1. The largest absolute Gasteiger partial charge is 0.497 e. The highest BCUT2D eigenvalue weighted by Gasteiger charge is 2.18. The molecule has 2 atom stereocenters. The van der Waals surface area contributed by atoms with Gasteiger partial charge in [-0.05, 0) is 55.3 Å². The summed E-state index contributed by atoms with van der Waals surface area (Å²) < 4.78 is 5.18. The van der Waals surface area contributed by atoms with E-state index in [4.69, 9.17) is 10.5 Å². The molecule has 6 heteroatoms. The van der Waals surface area contributed by atoms with Crippen molar-refractivity contribution in [3.05, 3.63) is 59.7 Å². The highest BCUT2D eigenvalue weighted by atomic mass is 16.5. The molecule has 2 aromatic carbocycles. The molecule has 0 unspecified atom stereocenters. The van der Waals surface area contributed by atoms with E-state index in [0.29, 0.717) is 11.3 Å². The molecule has 6 nitrogen and oxygen atoms in total. The number of ether oxygens (including phenoxy) is 1. The lowest BCUT2D eigenvalue weighted by Gasteiger charge is -2.22. The maximum Gasteiger partial charge on any atom is 0.248 e. The van der Waals surface area contributed by atoms with Gasteiger partial charge in [-0.25, -0.2) is 0 Å². The zero-order valence-electron chi connectivity index (χ0n) is 15.3. The average molecular weight is 355 g/mol. The van der Waals surface area contributed by atoms with Gasteiger partial charge < -0.3 is 15.8 Å². The van der Waals surface area contributed by atoms with Gasteiger partial charge in [-0.3, -0.25) is 14.9 Å². The van der Waals surface area contributed by atoms with Crippen LogP contribution in [-0.4, -0.2) is 25.0 Å². The second-order valence-corrected chi connectivity index (χ2v) is 6.05. The second kappa shape index (κ2) is 9.01. The number of primary amides is 1. The number of amides is 2. The second-order valence-electron chi connectivity index (χ2n) is 6.05. The lowest BCUT2D eigenvalue weighted by molar-refractivity contribution is -0.118. The van der Waals surface area contributed by atoms with Crippen LogP contribution in [0.2, 0.25) is 0 Å². The lowest BCUT2D eigenvalue weighted by Crippen LogP contribution is -2.40. The van der Waals surface area contributed by atoms with Crippen LogP contribution < -0.4 is 21.1 Å². The van der Waals surface area contributed by atoms with E-state index in [1.165, 1.54) is 0 Å². The van der Waals surface area contributed by atoms with Crippen LogP contribution >= 0.6 is 0 Å². The van der Waals surface area contributed by atoms with Crippen LogP contribution in [0.3, 0.4) is 0 Å². The van der Waals surface area contributed by atoms with E-state index in [-0.39, 0.29) is 11.9 Å². The summed E-state index contributed by atoms with van der Waals surface area (Å²) in [6, 6.07) is 14.0. The molecule has 2 amide bonds.